The number of rotatable bonds is 3. The molecule has 0 radical (unpaired) electrons. The molecular formula is C21H19N3S. The summed E-state index contributed by atoms with van der Waals surface area (Å²) in [6.07, 6.45) is 1.64. The van der Waals surface area contributed by atoms with Crippen LogP contribution in [0.15, 0.2) is 54.9 Å². The van der Waals surface area contributed by atoms with E-state index in [-0.39, 0.29) is 0 Å². The molecule has 0 bridgehead atoms. The second kappa shape index (κ2) is 6.30. The fourth-order valence-corrected chi connectivity index (χ4v) is 4.19. The molecule has 0 aliphatic heterocycles. The van der Waals surface area contributed by atoms with Crippen LogP contribution in [0.1, 0.15) is 16.0 Å². The van der Waals surface area contributed by atoms with Gasteiger partial charge in [0.05, 0.1) is 5.39 Å². The molecule has 4 heteroatoms. The predicted octanol–water partition coefficient (Wildman–Crippen LogP) is 6.03. The molecule has 124 valence electrons. The SMILES string of the molecule is Cc1ccc(Nc2ncnc3sc(C)c(-c4ccccc4)c23)c(C)c1. The predicted molar refractivity (Wildman–Crippen MR) is 107 cm³/mol. The fraction of sp³-hybridized carbons (Fsp3) is 0.143. The van der Waals surface area contributed by atoms with Crippen molar-refractivity contribution < 1.29 is 0 Å². The molecule has 2 aromatic carbocycles. The maximum absolute atomic E-state index is 4.55. The number of benzene rings is 2. The minimum Gasteiger partial charge on any atom is -0.339 e. The Labute approximate surface area is 151 Å². The van der Waals surface area contributed by atoms with Gasteiger partial charge in [0, 0.05) is 16.1 Å². The molecule has 0 aliphatic rings. The van der Waals surface area contributed by atoms with Gasteiger partial charge in [-0.3, -0.25) is 0 Å². The topological polar surface area (TPSA) is 37.8 Å². The summed E-state index contributed by atoms with van der Waals surface area (Å²) in [7, 11) is 0. The van der Waals surface area contributed by atoms with Crippen molar-refractivity contribution in [2.24, 2.45) is 0 Å². The Bertz CT molecular complexity index is 1050. The van der Waals surface area contributed by atoms with E-state index >= 15 is 0 Å². The summed E-state index contributed by atoms with van der Waals surface area (Å²) in [5.41, 5.74) is 5.96. The first kappa shape index (κ1) is 15.8. The lowest BCUT2D eigenvalue weighted by molar-refractivity contribution is 1.22. The van der Waals surface area contributed by atoms with Crippen LogP contribution in [-0.2, 0) is 0 Å². The van der Waals surface area contributed by atoms with Crippen molar-refractivity contribution >= 4 is 33.1 Å². The molecule has 2 aromatic heterocycles. The number of fused-ring (bicyclic) bond motifs is 1. The minimum absolute atomic E-state index is 0.861. The van der Waals surface area contributed by atoms with Crippen LogP contribution >= 0.6 is 11.3 Å². The number of aromatic nitrogens is 2. The van der Waals surface area contributed by atoms with Crippen molar-refractivity contribution in [2.45, 2.75) is 20.8 Å². The van der Waals surface area contributed by atoms with E-state index in [0.29, 0.717) is 0 Å². The third kappa shape index (κ3) is 2.89. The highest BCUT2D eigenvalue weighted by molar-refractivity contribution is 7.19. The van der Waals surface area contributed by atoms with Crippen molar-refractivity contribution in [3.63, 3.8) is 0 Å². The Morgan fingerprint density at radius 3 is 2.48 bits per heavy atom. The Balaban J connectivity index is 1.90. The third-order valence-electron chi connectivity index (χ3n) is 4.36. The van der Waals surface area contributed by atoms with Crippen LogP contribution < -0.4 is 5.32 Å². The summed E-state index contributed by atoms with van der Waals surface area (Å²) in [6, 6.07) is 16.9. The quantitative estimate of drug-likeness (QED) is 0.493. The van der Waals surface area contributed by atoms with Crippen LogP contribution in [0, 0.1) is 20.8 Å². The molecule has 0 spiro atoms. The first-order chi connectivity index (χ1) is 12.1. The van der Waals surface area contributed by atoms with Crippen molar-refractivity contribution in [1.82, 2.24) is 9.97 Å². The van der Waals surface area contributed by atoms with Crippen molar-refractivity contribution in [1.29, 1.82) is 0 Å². The van der Waals surface area contributed by atoms with Crippen LogP contribution in [0.3, 0.4) is 0 Å². The van der Waals surface area contributed by atoms with E-state index < -0.39 is 0 Å². The van der Waals surface area contributed by atoms with Crippen LogP contribution in [-0.4, -0.2) is 9.97 Å². The lowest BCUT2D eigenvalue weighted by atomic mass is 10.0. The molecule has 0 aliphatic carbocycles. The minimum atomic E-state index is 0.861. The smallest absolute Gasteiger partial charge is 0.143 e. The molecule has 3 nitrogen and oxygen atoms in total. The van der Waals surface area contributed by atoms with Crippen LogP contribution in [0.2, 0.25) is 0 Å². The molecular weight excluding hydrogens is 326 g/mol. The number of hydrogen-bond acceptors (Lipinski definition) is 4. The second-order valence-corrected chi connectivity index (χ2v) is 7.45. The molecule has 0 saturated heterocycles. The average Bonchev–Trinajstić information content (AvgIpc) is 2.95. The van der Waals surface area contributed by atoms with E-state index in [4.69, 9.17) is 0 Å². The highest BCUT2D eigenvalue weighted by atomic mass is 32.1. The van der Waals surface area contributed by atoms with Gasteiger partial charge < -0.3 is 5.32 Å². The van der Waals surface area contributed by atoms with E-state index in [0.717, 1.165) is 21.7 Å². The Hall–Kier alpha value is -2.72. The van der Waals surface area contributed by atoms with E-state index in [1.54, 1.807) is 17.7 Å². The number of nitrogens with one attached hydrogen (secondary N) is 1. The lowest BCUT2D eigenvalue weighted by Gasteiger charge is -2.11. The Morgan fingerprint density at radius 1 is 0.920 bits per heavy atom. The van der Waals surface area contributed by atoms with Crippen LogP contribution in [0.4, 0.5) is 11.5 Å². The van der Waals surface area contributed by atoms with Gasteiger partial charge >= 0.3 is 0 Å². The summed E-state index contributed by atoms with van der Waals surface area (Å²) in [5, 5.41) is 4.62. The molecule has 0 saturated carbocycles. The fourth-order valence-electron chi connectivity index (χ4n) is 3.17. The van der Waals surface area contributed by atoms with Crippen molar-refractivity contribution in [2.75, 3.05) is 5.32 Å². The molecule has 0 atom stereocenters. The normalized spacial score (nSPS) is 11.0. The standard InChI is InChI=1S/C21H19N3S/c1-13-9-10-17(14(2)11-13)24-20-19-18(16-7-5-4-6-8-16)15(3)25-21(19)23-12-22-20/h4-12H,1-3H3,(H,22,23,24). The molecule has 4 rings (SSSR count). The van der Waals surface area contributed by atoms with Gasteiger partial charge in [0.15, 0.2) is 0 Å². The maximum Gasteiger partial charge on any atom is 0.143 e. The summed E-state index contributed by atoms with van der Waals surface area (Å²) >= 11 is 1.71. The zero-order valence-corrected chi connectivity index (χ0v) is 15.3. The average molecular weight is 345 g/mol. The second-order valence-electron chi connectivity index (χ2n) is 6.25. The maximum atomic E-state index is 4.55. The molecule has 4 aromatic rings. The van der Waals surface area contributed by atoms with Gasteiger partial charge in [0.25, 0.3) is 0 Å². The van der Waals surface area contributed by atoms with E-state index in [1.807, 2.05) is 6.07 Å². The molecule has 0 amide bonds. The van der Waals surface area contributed by atoms with Gasteiger partial charge in [-0.25, -0.2) is 9.97 Å². The van der Waals surface area contributed by atoms with Crippen LogP contribution in [0.25, 0.3) is 21.3 Å². The number of hydrogen-bond donors (Lipinski definition) is 1. The largest absolute Gasteiger partial charge is 0.339 e. The van der Waals surface area contributed by atoms with Crippen molar-refractivity contribution in [3.05, 3.63) is 70.9 Å². The number of aryl methyl sites for hydroxylation is 3. The summed E-state index contributed by atoms with van der Waals surface area (Å²) in [4.78, 5) is 11.3. The van der Waals surface area contributed by atoms with Gasteiger partial charge in [0.1, 0.15) is 17.0 Å². The van der Waals surface area contributed by atoms with Crippen LogP contribution in [0.5, 0.6) is 0 Å². The van der Waals surface area contributed by atoms with E-state index in [9.17, 15) is 0 Å². The van der Waals surface area contributed by atoms with Crippen molar-refractivity contribution in [3.8, 4) is 11.1 Å². The molecule has 0 unspecified atom stereocenters. The molecule has 1 N–H and O–H groups in total. The summed E-state index contributed by atoms with van der Waals surface area (Å²) < 4.78 is 0. The zero-order chi connectivity index (χ0) is 17.4. The van der Waals surface area contributed by atoms with E-state index in [1.165, 1.54) is 27.1 Å². The van der Waals surface area contributed by atoms with Gasteiger partial charge in [-0.15, -0.1) is 11.3 Å². The Kier molecular flexibility index (Phi) is 3.98. The molecule has 0 fully saturated rings. The van der Waals surface area contributed by atoms with Gasteiger partial charge in [-0.05, 0) is 38.0 Å². The highest BCUT2D eigenvalue weighted by Gasteiger charge is 2.17. The summed E-state index contributed by atoms with van der Waals surface area (Å²) in [5.74, 6) is 0.861. The third-order valence-corrected chi connectivity index (χ3v) is 5.37. The highest BCUT2D eigenvalue weighted by Crippen LogP contribution is 2.41. The molecule has 2 heterocycles. The number of nitrogens with zero attached hydrogens (tertiary/aromatic N) is 2. The van der Waals surface area contributed by atoms with Gasteiger partial charge in [-0.1, -0.05) is 48.0 Å². The lowest BCUT2D eigenvalue weighted by Crippen LogP contribution is -1.97. The number of anilines is 2. The zero-order valence-electron chi connectivity index (χ0n) is 14.5. The molecule has 25 heavy (non-hydrogen) atoms. The van der Waals surface area contributed by atoms with E-state index in [2.05, 4.69) is 78.5 Å². The monoisotopic (exact) mass is 345 g/mol. The Morgan fingerprint density at radius 2 is 1.72 bits per heavy atom. The summed E-state index contributed by atoms with van der Waals surface area (Å²) in [6.45, 7) is 6.37. The first-order valence-electron chi connectivity index (χ1n) is 8.27. The van der Waals surface area contributed by atoms with Gasteiger partial charge in [-0.2, -0.15) is 0 Å². The van der Waals surface area contributed by atoms with Gasteiger partial charge in [0.2, 0.25) is 0 Å². The first-order valence-corrected chi connectivity index (χ1v) is 9.09. The number of thiophene rings is 1.